The average molecular weight is 321 g/mol. The second-order valence-electron chi connectivity index (χ2n) is 5.71. The van der Waals surface area contributed by atoms with Crippen LogP contribution in [0.2, 0.25) is 0 Å². The molecule has 4 N–H and O–H groups in total. The van der Waals surface area contributed by atoms with Crippen molar-refractivity contribution in [3.63, 3.8) is 0 Å². The van der Waals surface area contributed by atoms with Crippen LogP contribution < -0.4 is 16.4 Å². The fourth-order valence-electron chi connectivity index (χ4n) is 2.13. The summed E-state index contributed by atoms with van der Waals surface area (Å²) in [6.07, 6.45) is 2.37. The van der Waals surface area contributed by atoms with Crippen LogP contribution in [0.4, 0.5) is 5.69 Å². The van der Waals surface area contributed by atoms with E-state index in [1.807, 2.05) is 31.2 Å². The number of nitrogens with one attached hydrogen (secondary N) is 2. The van der Waals surface area contributed by atoms with Crippen molar-refractivity contribution in [1.82, 2.24) is 5.32 Å². The molecule has 6 heteroatoms. The van der Waals surface area contributed by atoms with Gasteiger partial charge in [-0.25, -0.2) is 0 Å². The van der Waals surface area contributed by atoms with Crippen LogP contribution in [0.15, 0.2) is 29.2 Å². The Kier molecular flexibility index (Phi) is 5.85. The molecule has 0 spiro atoms. The molecule has 0 aliphatic heterocycles. The minimum absolute atomic E-state index is 0.00652. The van der Waals surface area contributed by atoms with Crippen molar-refractivity contribution in [3.05, 3.63) is 24.3 Å². The highest BCUT2D eigenvalue weighted by Crippen LogP contribution is 2.31. The van der Waals surface area contributed by atoms with Crippen molar-refractivity contribution in [2.45, 2.75) is 42.9 Å². The van der Waals surface area contributed by atoms with Crippen LogP contribution in [0.25, 0.3) is 0 Å². The molecule has 1 aliphatic rings. The molecular weight excluding hydrogens is 298 g/mol. The largest absolute Gasteiger partial charge is 0.354 e. The van der Waals surface area contributed by atoms with Gasteiger partial charge >= 0.3 is 0 Å². The van der Waals surface area contributed by atoms with Crippen LogP contribution in [-0.2, 0) is 9.59 Å². The molecule has 0 heterocycles. The van der Waals surface area contributed by atoms with E-state index in [1.165, 1.54) is 31.5 Å². The Morgan fingerprint density at radius 3 is 2.50 bits per heavy atom. The first-order valence-electron chi connectivity index (χ1n) is 7.53. The zero-order chi connectivity index (χ0) is 16.1. The molecule has 1 fully saturated rings. The maximum Gasteiger partial charge on any atom is 0.233 e. The van der Waals surface area contributed by atoms with E-state index in [1.54, 1.807) is 0 Å². The first kappa shape index (κ1) is 16.8. The molecule has 2 amide bonds. The molecule has 1 aliphatic carbocycles. The molecule has 22 heavy (non-hydrogen) atoms. The van der Waals surface area contributed by atoms with Crippen molar-refractivity contribution in [3.8, 4) is 0 Å². The number of carbonyl (C=O) groups excluding carboxylic acids is 2. The van der Waals surface area contributed by atoms with Crippen LogP contribution in [0.5, 0.6) is 0 Å². The van der Waals surface area contributed by atoms with Gasteiger partial charge in [-0.3, -0.25) is 9.59 Å². The van der Waals surface area contributed by atoms with Gasteiger partial charge in [-0.15, -0.1) is 11.8 Å². The quantitative estimate of drug-likeness (QED) is 0.671. The smallest absolute Gasteiger partial charge is 0.233 e. The van der Waals surface area contributed by atoms with Gasteiger partial charge in [-0.1, -0.05) is 0 Å². The van der Waals surface area contributed by atoms with Gasteiger partial charge in [0.25, 0.3) is 0 Å². The van der Waals surface area contributed by atoms with Crippen LogP contribution >= 0.6 is 11.8 Å². The molecule has 1 saturated carbocycles. The summed E-state index contributed by atoms with van der Waals surface area (Å²) in [6.45, 7) is 3.90. The van der Waals surface area contributed by atoms with Gasteiger partial charge in [-0.05, 0) is 49.9 Å². The lowest BCUT2D eigenvalue weighted by atomic mass is 10.2. The van der Waals surface area contributed by atoms with Crippen molar-refractivity contribution in [2.24, 2.45) is 11.7 Å². The second kappa shape index (κ2) is 7.65. The highest BCUT2D eigenvalue weighted by Gasteiger charge is 2.28. The van der Waals surface area contributed by atoms with Crippen molar-refractivity contribution in [1.29, 1.82) is 0 Å². The SMILES string of the molecule is CC(=O)Nc1ccc(SC(C)C(=O)NCC(N)C2CC2)cc1. The van der Waals surface area contributed by atoms with Crippen LogP contribution in [0, 0.1) is 5.92 Å². The number of benzene rings is 1. The monoisotopic (exact) mass is 321 g/mol. The van der Waals surface area contributed by atoms with Crippen molar-refractivity contribution < 1.29 is 9.59 Å². The summed E-state index contributed by atoms with van der Waals surface area (Å²) >= 11 is 1.49. The molecule has 120 valence electrons. The Morgan fingerprint density at radius 1 is 1.32 bits per heavy atom. The number of carbonyl (C=O) groups is 2. The van der Waals surface area contributed by atoms with E-state index in [9.17, 15) is 9.59 Å². The summed E-state index contributed by atoms with van der Waals surface area (Å²) in [5.74, 6) is 0.497. The molecule has 2 unspecified atom stereocenters. The lowest BCUT2D eigenvalue weighted by molar-refractivity contribution is -0.120. The Balaban J connectivity index is 1.78. The number of hydrogen-bond acceptors (Lipinski definition) is 4. The highest BCUT2D eigenvalue weighted by molar-refractivity contribution is 8.00. The molecule has 1 aromatic rings. The third kappa shape index (κ3) is 5.35. The highest BCUT2D eigenvalue weighted by atomic mass is 32.2. The Morgan fingerprint density at radius 2 is 1.95 bits per heavy atom. The first-order valence-corrected chi connectivity index (χ1v) is 8.41. The van der Waals surface area contributed by atoms with Crippen LogP contribution in [0.1, 0.15) is 26.7 Å². The Bertz CT molecular complexity index is 529. The molecule has 5 nitrogen and oxygen atoms in total. The van der Waals surface area contributed by atoms with Crippen LogP contribution in [0.3, 0.4) is 0 Å². The molecule has 0 bridgehead atoms. The summed E-state index contributed by atoms with van der Waals surface area (Å²) in [7, 11) is 0. The van der Waals surface area contributed by atoms with Crippen molar-refractivity contribution in [2.75, 3.05) is 11.9 Å². The summed E-state index contributed by atoms with van der Waals surface area (Å²) < 4.78 is 0. The number of amides is 2. The Labute approximate surface area is 135 Å². The Hall–Kier alpha value is -1.53. The first-order chi connectivity index (χ1) is 10.5. The normalized spacial score (nSPS) is 16.7. The standard InChI is InChI=1S/C16H23N3O2S/c1-10(16(21)18-9-15(17)12-3-4-12)22-14-7-5-13(6-8-14)19-11(2)20/h5-8,10,12,15H,3-4,9,17H2,1-2H3,(H,18,21)(H,19,20). The fourth-order valence-corrected chi connectivity index (χ4v) is 3.02. The van der Waals surface area contributed by atoms with Gasteiger partial charge in [0, 0.05) is 30.1 Å². The van der Waals surface area contributed by atoms with Gasteiger partial charge < -0.3 is 16.4 Å². The third-order valence-corrected chi connectivity index (χ3v) is 4.71. The summed E-state index contributed by atoms with van der Waals surface area (Å²) in [4.78, 5) is 24.0. The zero-order valence-corrected chi connectivity index (χ0v) is 13.8. The number of anilines is 1. The van der Waals surface area contributed by atoms with Gasteiger partial charge in [0.15, 0.2) is 0 Å². The van der Waals surface area contributed by atoms with E-state index in [-0.39, 0.29) is 23.1 Å². The van der Waals surface area contributed by atoms with E-state index in [4.69, 9.17) is 5.73 Å². The molecule has 1 aromatic carbocycles. The van der Waals surface area contributed by atoms with E-state index in [0.717, 1.165) is 10.6 Å². The topological polar surface area (TPSA) is 84.2 Å². The van der Waals surface area contributed by atoms with Gasteiger partial charge in [0.05, 0.1) is 5.25 Å². The zero-order valence-electron chi connectivity index (χ0n) is 13.0. The predicted octanol–water partition coefficient (Wildman–Crippen LogP) is 1.98. The van der Waals surface area contributed by atoms with Gasteiger partial charge in [0.2, 0.25) is 11.8 Å². The fraction of sp³-hybridized carbons (Fsp3) is 0.500. The van der Waals surface area contributed by atoms with E-state index < -0.39 is 0 Å². The van der Waals surface area contributed by atoms with E-state index in [0.29, 0.717) is 12.5 Å². The number of rotatable bonds is 7. The molecule has 2 atom stereocenters. The number of hydrogen-bond donors (Lipinski definition) is 3. The third-order valence-electron chi connectivity index (χ3n) is 3.60. The summed E-state index contributed by atoms with van der Waals surface area (Å²) in [5, 5.41) is 5.45. The van der Waals surface area contributed by atoms with Crippen LogP contribution in [-0.4, -0.2) is 29.7 Å². The van der Waals surface area contributed by atoms with Gasteiger partial charge in [0.1, 0.15) is 0 Å². The predicted molar refractivity (Wildman–Crippen MR) is 89.8 cm³/mol. The lowest BCUT2D eigenvalue weighted by Gasteiger charge is -2.15. The number of thioether (sulfide) groups is 1. The minimum Gasteiger partial charge on any atom is -0.354 e. The van der Waals surface area contributed by atoms with E-state index >= 15 is 0 Å². The maximum atomic E-state index is 12.1. The lowest BCUT2D eigenvalue weighted by Crippen LogP contribution is -2.41. The molecule has 0 radical (unpaired) electrons. The second-order valence-corrected chi connectivity index (χ2v) is 7.13. The minimum atomic E-state index is -0.182. The average Bonchev–Trinajstić information content (AvgIpc) is 3.30. The van der Waals surface area contributed by atoms with Gasteiger partial charge in [-0.2, -0.15) is 0 Å². The summed E-state index contributed by atoms with van der Waals surface area (Å²) in [5.41, 5.74) is 6.73. The van der Waals surface area contributed by atoms with Crippen molar-refractivity contribution >= 4 is 29.3 Å². The van der Waals surface area contributed by atoms with E-state index in [2.05, 4.69) is 10.6 Å². The summed E-state index contributed by atoms with van der Waals surface area (Å²) in [6, 6.07) is 7.54. The number of nitrogens with two attached hydrogens (primary N) is 1. The molecular formula is C16H23N3O2S. The molecule has 2 rings (SSSR count). The molecule has 0 saturated heterocycles. The molecule has 0 aromatic heterocycles. The maximum absolute atomic E-state index is 12.1.